The largest absolute Gasteiger partial charge is 0.340 e. The van der Waals surface area contributed by atoms with Crippen molar-refractivity contribution in [1.82, 2.24) is 14.8 Å². The smallest absolute Gasteiger partial charge is 0.321 e. The number of nitrogens with zero attached hydrogens (tertiary/aromatic N) is 3. The number of carbonyl (C=O) groups is 2. The summed E-state index contributed by atoms with van der Waals surface area (Å²) < 4.78 is 0. The summed E-state index contributed by atoms with van der Waals surface area (Å²) in [6.07, 6.45) is 4.39. The van der Waals surface area contributed by atoms with E-state index in [1.54, 1.807) is 11.3 Å². The Morgan fingerprint density at radius 1 is 1.18 bits per heavy atom. The number of para-hydroxylation sites is 1. The first-order chi connectivity index (χ1) is 13.6. The van der Waals surface area contributed by atoms with Gasteiger partial charge in [-0.15, -0.1) is 11.3 Å². The van der Waals surface area contributed by atoms with Crippen LogP contribution in [0.2, 0.25) is 0 Å². The number of benzene rings is 1. The van der Waals surface area contributed by atoms with Crippen LogP contribution >= 0.6 is 11.3 Å². The fraction of sp³-hybridized carbons (Fsp3) is 0.476. The van der Waals surface area contributed by atoms with Crippen LogP contribution in [-0.2, 0) is 4.79 Å². The molecule has 148 valence electrons. The van der Waals surface area contributed by atoms with Gasteiger partial charge in [-0.2, -0.15) is 0 Å². The molecule has 0 bridgehead atoms. The van der Waals surface area contributed by atoms with Gasteiger partial charge in [-0.1, -0.05) is 18.2 Å². The molecule has 2 fully saturated rings. The van der Waals surface area contributed by atoms with Gasteiger partial charge >= 0.3 is 6.03 Å². The van der Waals surface area contributed by atoms with Gasteiger partial charge in [0, 0.05) is 43.0 Å². The van der Waals surface area contributed by atoms with Crippen molar-refractivity contribution in [3.05, 3.63) is 34.7 Å². The second kappa shape index (κ2) is 8.31. The number of aromatic nitrogens is 1. The lowest BCUT2D eigenvalue weighted by Gasteiger charge is -2.27. The van der Waals surface area contributed by atoms with Crippen molar-refractivity contribution in [2.24, 2.45) is 0 Å². The van der Waals surface area contributed by atoms with E-state index in [0.29, 0.717) is 13.0 Å². The van der Waals surface area contributed by atoms with Crippen LogP contribution in [0.3, 0.4) is 0 Å². The van der Waals surface area contributed by atoms with Crippen molar-refractivity contribution in [3.8, 4) is 11.3 Å². The molecule has 1 aromatic heterocycles. The lowest BCUT2D eigenvalue weighted by atomic mass is 10.1. The highest BCUT2D eigenvalue weighted by molar-refractivity contribution is 7.09. The highest BCUT2D eigenvalue weighted by Crippen LogP contribution is 2.29. The number of nitrogens with one attached hydrogen (secondary N) is 1. The number of aryl methyl sites for hydroxylation is 1. The van der Waals surface area contributed by atoms with Crippen LogP contribution in [0.5, 0.6) is 0 Å². The van der Waals surface area contributed by atoms with E-state index in [2.05, 4.69) is 10.3 Å². The maximum absolute atomic E-state index is 12.9. The predicted molar refractivity (Wildman–Crippen MR) is 111 cm³/mol. The van der Waals surface area contributed by atoms with E-state index >= 15 is 0 Å². The Balaban J connectivity index is 1.42. The lowest BCUT2D eigenvalue weighted by Crippen LogP contribution is -2.39. The number of urea groups is 1. The zero-order valence-electron chi connectivity index (χ0n) is 16.2. The Labute approximate surface area is 169 Å². The highest BCUT2D eigenvalue weighted by Gasteiger charge is 2.30. The molecular weight excluding hydrogens is 372 g/mol. The number of carbonyl (C=O) groups excluding carboxylic acids is 2. The molecular formula is C21H26N4O2S. The molecule has 6 nitrogen and oxygen atoms in total. The minimum Gasteiger partial charge on any atom is -0.340 e. The number of anilines is 1. The van der Waals surface area contributed by atoms with Gasteiger partial charge in [-0.05, 0) is 38.7 Å². The molecule has 2 aromatic rings. The number of likely N-dealkylation sites (tertiary alicyclic amines) is 2. The quantitative estimate of drug-likeness (QED) is 0.845. The first kappa shape index (κ1) is 18.9. The molecule has 2 aliphatic heterocycles. The Morgan fingerprint density at radius 3 is 2.79 bits per heavy atom. The van der Waals surface area contributed by atoms with Crippen LogP contribution in [0.1, 0.15) is 37.1 Å². The van der Waals surface area contributed by atoms with Gasteiger partial charge in [0.25, 0.3) is 0 Å². The van der Waals surface area contributed by atoms with Crippen LogP contribution in [-0.4, -0.2) is 52.4 Å². The molecule has 0 aliphatic carbocycles. The van der Waals surface area contributed by atoms with E-state index in [1.165, 1.54) is 0 Å². The summed E-state index contributed by atoms with van der Waals surface area (Å²) in [5.74, 6) is 0.274. The Bertz CT molecular complexity index is 866. The van der Waals surface area contributed by atoms with E-state index in [1.807, 2.05) is 46.4 Å². The third kappa shape index (κ3) is 4.04. The molecule has 2 saturated heterocycles. The maximum Gasteiger partial charge on any atom is 0.321 e. The zero-order valence-corrected chi connectivity index (χ0v) is 17.0. The SMILES string of the molecule is Cc1nc(-c2ccccc2NC(=O)N2CCCC(N3CCCC3=O)CC2)cs1. The Hall–Kier alpha value is -2.41. The Kier molecular flexibility index (Phi) is 5.62. The van der Waals surface area contributed by atoms with Gasteiger partial charge in [-0.25, -0.2) is 9.78 Å². The van der Waals surface area contributed by atoms with Gasteiger partial charge in [0.1, 0.15) is 0 Å². The minimum atomic E-state index is -0.0761. The summed E-state index contributed by atoms with van der Waals surface area (Å²) in [5, 5.41) is 6.10. The molecule has 0 spiro atoms. The molecule has 2 aliphatic rings. The summed E-state index contributed by atoms with van der Waals surface area (Å²) in [6.45, 7) is 4.25. The summed E-state index contributed by atoms with van der Waals surface area (Å²) in [7, 11) is 0. The average Bonchev–Trinajstić information content (AvgIpc) is 3.23. The average molecular weight is 399 g/mol. The molecule has 7 heteroatoms. The first-order valence-corrected chi connectivity index (χ1v) is 10.9. The molecule has 28 heavy (non-hydrogen) atoms. The molecule has 3 heterocycles. The Morgan fingerprint density at radius 2 is 2.04 bits per heavy atom. The third-order valence-electron chi connectivity index (χ3n) is 5.60. The third-order valence-corrected chi connectivity index (χ3v) is 6.37. The van der Waals surface area contributed by atoms with Gasteiger partial charge in [-0.3, -0.25) is 4.79 Å². The summed E-state index contributed by atoms with van der Waals surface area (Å²) in [6, 6.07) is 8.00. The molecule has 0 radical (unpaired) electrons. The topological polar surface area (TPSA) is 65.5 Å². The summed E-state index contributed by atoms with van der Waals surface area (Å²) in [4.78, 5) is 33.4. The van der Waals surface area contributed by atoms with Crippen LogP contribution in [0.25, 0.3) is 11.3 Å². The zero-order chi connectivity index (χ0) is 19.5. The standard InChI is InChI=1S/C21H26N4O2S/c1-15-22-19(14-28-15)17-7-2-3-8-18(17)23-21(27)24-11-4-6-16(10-13-24)25-12-5-9-20(25)26/h2-3,7-8,14,16H,4-6,9-13H2,1H3,(H,23,27). The lowest BCUT2D eigenvalue weighted by molar-refractivity contribution is -0.129. The number of rotatable bonds is 3. The van der Waals surface area contributed by atoms with Crippen LogP contribution < -0.4 is 5.32 Å². The highest BCUT2D eigenvalue weighted by atomic mass is 32.1. The molecule has 1 unspecified atom stereocenters. The van der Waals surface area contributed by atoms with Gasteiger partial charge < -0.3 is 15.1 Å². The van der Waals surface area contributed by atoms with Gasteiger partial charge in [0.05, 0.1) is 16.4 Å². The molecule has 1 aromatic carbocycles. The van der Waals surface area contributed by atoms with E-state index in [9.17, 15) is 9.59 Å². The predicted octanol–water partition coefficient (Wildman–Crippen LogP) is 4.13. The number of hydrogen-bond acceptors (Lipinski definition) is 4. The van der Waals surface area contributed by atoms with Crippen LogP contribution in [0.15, 0.2) is 29.6 Å². The molecule has 1 N–H and O–H groups in total. The van der Waals surface area contributed by atoms with Crippen molar-refractivity contribution in [3.63, 3.8) is 0 Å². The van der Waals surface area contributed by atoms with Crippen molar-refractivity contribution in [1.29, 1.82) is 0 Å². The van der Waals surface area contributed by atoms with E-state index in [4.69, 9.17) is 0 Å². The molecule has 4 rings (SSSR count). The van der Waals surface area contributed by atoms with Crippen molar-refractivity contribution in [2.45, 2.75) is 45.1 Å². The van der Waals surface area contributed by atoms with Crippen LogP contribution in [0, 0.1) is 6.92 Å². The maximum atomic E-state index is 12.9. The first-order valence-electron chi connectivity index (χ1n) is 9.99. The molecule has 3 amide bonds. The monoisotopic (exact) mass is 398 g/mol. The van der Waals surface area contributed by atoms with Crippen LogP contribution in [0.4, 0.5) is 10.5 Å². The van der Waals surface area contributed by atoms with Crippen molar-refractivity contribution in [2.75, 3.05) is 25.0 Å². The minimum absolute atomic E-state index is 0.0761. The van der Waals surface area contributed by atoms with Crippen molar-refractivity contribution >= 4 is 29.0 Å². The number of amides is 3. The van der Waals surface area contributed by atoms with E-state index in [0.717, 1.165) is 60.7 Å². The number of thiazole rings is 1. The van der Waals surface area contributed by atoms with Crippen molar-refractivity contribution < 1.29 is 9.59 Å². The molecule has 0 saturated carbocycles. The molecule has 1 atom stereocenters. The normalized spacial score (nSPS) is 20.3. The van der Waals surface area contributed by atoms with Gasteiger partial charge in [0.2, 0.25) is 5.91 Å². The van der Waals surface area contributed by atoms with Gasteiger partial charge in [0.15, 0.2) is 0 Å². The fourth-order valence-corrected chi connectivity index (χ4v) is 4.76. The second-order valence-electron chi connectivity index (χ2n) is 7.49. The summed E-state index contributed by atoms with van der Waals surface area (Å²) >= 11 is 1.60. The summed E-state index contributed by atoms with van der Waals surface area (Å²) in [5.41, 5.74) is 2.62. The van der Waals surface area contributed by atoms with E-state index in [-0.39, 0.29) is 18.0 Å². The fourth-order valence-electron chi connectivity index (χ4n) is 4.15. The van der Waals surface area contributed by atoms with E-state index < -0.39 is 0 Å². The second-order valence-corrected chi connectivity index (χ2v) is 8.55. The number of hydrogen-bond donors (Lipinski definition) is 1.